The van der Waals surface area contributed by atoms with E-state index in [1.807, 2.05) is 0 Å². The molecule has 0 unspecified atom stereocenters. The van der Waals surface area contributed by atoms with Crippen molar-refractivity contribution >= 4 is 11.3 Å². The smallest absolute Gasteiger partial charge is 0.123 e. The van der Waals surface area contributed by atoms with E-state index in [0.29, 0.717) is 6.04 Å². The molecule has 1 N–H and O–H groups in total. The van der Waals surface area contributed by atoms with Crippen molar-refractivity contribution in [2.45, 2.75) is 32.4 Å². The van der Waals surface area contributed by atoms with Gasteiger partial charge in [-0.15, -0.1) is 11.3 Å². The van der Waals surface area contributed by atoms with Gasteiger partial charge in [0, 0.05) is 42.5 Å². The summed E-state index contributed by atoms with van der Waals surface area (Å²) in [5.41, 5.74) is 3.35. The Morgan fingerprint density at radius 3 is 2.75 bits per heavy atom. The van der Waals surface area contributed by atoms with Crippen molar-refractivity contribution in [1.29, 1.82) is 0 Å². The SMILES string of the molecule is C[C@@H](CCc1cccn1C)NCc1csc(-c2ccc(F)cc2)n1. The van der Waals surface area contributed by atoms with Crippen LogP contribution in [0.5, 0.6) is 0 Å². The molecule has 0 aliphatic carbocycles. The van der Waals surface area contributed by atoms with E-state index < -0.39 is 0 Å². The number of nitrogens with one attached hydrogen (secondary N) is 1. The fourth-order valence-electron chi connectivity index (χ4n) is 2.61. The maximum absolute atomic E-state index is 13.0. The average molecular weight is 343 g/mol. The highest BCUT2D eigenvalue weighted by Crippen LogP contribution is 2.23. The van der Waals surface area contributed by atoms with Crippen LogP contribution in [0, 0.1) is 5.82 Å². The van der Waals surface area contributed by atoms with Crippen molar-refractivity contribution in [2.24, 2.45) is 7.05 Å². The molecule has 3 nitrogen and oxygen atoms in total. The number of rotatable bonds is 7. The van der Waals surface area contributed by atoms with E-state index in [2.05, 4.69) is 52.5 Å². The van der Waals surface area contributed by atoms with Gasteiger partial charge in [-0.25, -0.2) is 9.37 Å². The predicted molar refractivity (Wildman–Crippen MR) is 97.5 cm³/mol. The van der Waals surface area contributed by atoms with E-state index in [9.17, 15) is 4.39 Å². The molecule has 24 heavy (non-hydrogen) atoms. The first-order valence-corrected chi connectivity index (χ1v) is 9.04. The quantitative estimate of drug-likeness (QED) is 0.689. The van der Waals surface area contributed by atoms with Crippen molar-refractivity contribution in [3.05, 3.63) is 65.2 Å². The highest BCUT2D eigenvalue weighted by molar-refractivity contribution is 7.13. The predicted octanol–water partition coefficient (Wildman–Crippen LogP) is 4.40. The Balaban J connectivity index is 1.50. The van der Waals surface area contributed by atoms with Crippen LogP contribution in [-0.2, 0) is 20.0 Å². The van der Waals surface area contributed by atoms with Crippen LogP contribution in [0.4, 0.5) is 4.39 Å². The molecule has 3 rings (SSSR count). The molecule has 0 saturated heterocycles. The van der Waals surface area contributed by atoms with Crippen LogP contribution in [0.1, 0.15) is 24.7 Å². The maximum Gasteiger partial charge on any atom is 0.123 e. The lowest BCUT2D eigenvalue weighted by Crippen LogP contribution is -2.26. The summed E-state index contributed by atoms with van der Waals surface area (Å²) in [5.74, 6) is -0.218. The van der Waals surface area contributed by atoms with Crippen LogP contribution < -0.4 is 5.32 Å². The molecule has 0 amide bonds. The summed E-state index contributed by atoms with van der Waals surface area (Å²) in [7, 11) is 2.08. The van der Waals surface area contributed by atoms with Crippen LogP contribution in [-0.4, -0.2) is 15.6 Å². The van der Waals surface area contributed by atoms with Crippen LogP contribution in [0.25, 0.3) is 10.6 Å². The number of hydrogen-bond donors (Lipinski definition) is 1. The molecule has 126 valence electrons. The Morgan fingerprint density at radius 1 is 1.25 bits per heavy atom. The molecule has 1 aromatic carbocycles. The van der Waals surface area contributed by atoms with Gasteiger partial charge in [-0.3, -0.25) is 0 Å². The minimum Gasteiger partial charge on any atom is -0.354 e. The van der Waals surface area contributed by atoms with Crippen molar-refractivity contribution in [3.63, 3.8) is 0 Å². The zero-order chi connectivity index (χ0) is 16.9. The van der Waals surface area contributed by atoms with Gasteiger partial charge in [0.05, 0.1) is 5.69 Å². The minimum absolute atomic E-state index is 0.218. The number of hydrogen-bond acceptors (Lipinski definition) is 3. The Morgan fingerprint density at radius 2 is 2.04 bits per heavy atom. The minimum atomic E-state index is -0.218. The number of nitrogens with zero attached hydrogens (tertiary/aromatic N) is 2. The number of thiazole rings is 1. The van der Waals surface area contributed by atoms with Gasteiger partial charge in [-0.1, -0.05) is 0 Å². The fourth-order valence-corrected chi connectivity index (χ4v) is 3.44. The third kappa shape index (κ3) is 4.30. The van der Waals surface area contributed by atoms with Gasteiger partial charge in [-0.2, -0.15) is 0 Å². The van der Waals surface area contributed by atoms with E-state index in [4.69, 9.17) is 0 Å². The van der Waals surface area contributed by atoms with Gasteiger partial charge >= 0.3 is 0 Å². The third-order valence-corrected chi connectivity index (χ3v) is 5.10. The molecule has 5 heteroatoms. The third-order valence-electron chi connectivity index (χ3n) is 4.16. The summed E-state index contributed by atoms with van der Waals surface area (Å²) >= 11 is 1.60. The second kappa shape index (κ2) is 7.73. The van der Waals surface area contributed by atoms with E-state index in [-0.39, 0.29) is 5.82 Å². The number of benzene rings is 1. The molecule has 0 radical (unpaired) electrons. The van der Waals surface area contributed by atoms with Crippen molar-refractivity contribution in [1.82, 2.24) is 14.9 Å². The second-order valence-corrected chi connectivity index (χ2v) is 6.94. The molecule has 2 heterocycles. The van der Waals surface area contributed by atoms with E-state index >= 15 is 0 Å². The summed E-state index contributed by atoms with van der Waals surface area (Å²) in [6, 6.07) is 11.2. The van der Waals surface area contributed by atoms with Crippen molar-refractivity contribution in [2.75, 3.05) is 0 Å². The monoisotopic (exact) mass is 343 g/mol. The van der Waals surface area contributed by atoms with Crippen LogP contribution in [0.15, 0.2) is 48.0 Å². The normalized spacial score (nSPS) is 12.5. The molecule has 2 aromatic heterocycles. The van der Waals surface area contributed by atoms with E-state index in [1.54, 1.807) is 23.5 Å². The Kier molecular flexibility index (Phi) is 5.43. The molecular formula is C19H22FN3S. The highest BCUT2D eigenvalue weighted by Gasteiger charge is 2.08. The van der Waals surface area contributed by atoms with Gasteiger partial charge in [0.1, 0.15) is 10.8 Å². The Bertz CT molecular complexity index is 776. The Hall–Kier alpha value is -1.98. The first kappa shape index (κ1) is 16.9. The molecule has 0 fully saturated rings. The lowest BCUT2D eigenvalue weighted by Gasteiger charge is -2.13. The standard InChI is InChI=1S/C19H22FN3S/c1-14(5-10-18-4-3-11-23(18)2)21-12-17-13-24-19(22-17)15-6-8-16(20)9-7-15/h3-4,6-9,11,13-14,21H,5,10,12H2,1-2H3/t14-/m0/s1. The highest BCUT2D eigenvalue weighted by atomic mass is 32.1. The molecule has 0 spiro atoms. The first-order valence-electron chi connectivity index (χ1n) is 8.16. The summed E-state index contributed by atoms with van der Waals surface area (Å²) in [4.78, 5) is 4.64. The number of aromatic nitrogens is 2. The topological polar surface area (TPSA) is 29.9 Å². The number of halogens is 1. The van der Waals surface area contributed by atoms with Gasteiger partial charge in [0.25, 0.3) is 0 Å². The molecule has 0 bridgehead atoms. The van der Waals surface area contributed by atoms with Crippen LogP contribution in [0.3, 0.4) is 0 Å². The van der Waals surface area contributed by atoms with Gasteiger partial charge < -0.3 is 9.88 Å². The van der Waals surface area contributed by atoms with Crippen molar-refractivity contribution in [3.8, 4) is 10.6 Å². The van der Waals surface area contributed by atoms with Gasteiger partial charge in [0.2, 0.25) is 0 Å². The van der Waals surface area contributed by atoms with E-state index in [0.717, 1.165) is 35.7 Å². The molecule has 0 saturated carbocycles. The van der Waals surface area contributed by atoms with Gasteiger partial charge in [-0.05, 0) is 56.2 Å². The lowest BCUT2D eigenvalue weighted by atomic mass is 10.1. The second-order valence-electron chi connectivity index (χ2n) is 6.08. The van der Waals surface area contributed by atoms with Crippen LogP contribution >= 0.6 is 11.3 Å². The average Bonchev–Trinajstić information content (AvgIpc) is 3.21. The number of aryl methyl sites for hydroxylation is 2. The summed E-state index contributed by atoms with van der Waals surface area (Å²) in [6.45, 7) is 2.96. The summed E-state index contributed by atoms with van der Waals surface area (Å²) in [5, 5.41) is 6.53. The summed E-state index contributed by atoms with van der Waals surface area (Å²) in [6.07, 6.45) is 4.24. The molecule has 0 aliphatic rings. The van der Waals surface area contributed by atoms with Crippen LogP contribution in [0.2, 0.25) is 0 Å². The largest absolute Gasteiger partial charge is 0.354 e. The molecule has 1 atom stereocenters. The fraction of sp³-hybridized carbons (Fsp3) is 0.316. The first-order chi connectivity index (χ1) is 11.6. The Labute approximate surface area is 146 Å². The van der Waals surface area contributed by atoms with Crippen molar-refractivity contribution < 1.29 is 4.39 Å². The maximum atomic E-state index is 13.0. The zero-order valence-electron chi connectivity index (χ0n) is 14.0. The zero-order valence-corrected chi connectivity index (χ0v) is 14.8. The lowest BCUT2D eigenvalue weighted by molar-refractivity contribution is 0.505. The summed E-state index contributed by atoms with van der Waals surface area (Å²) < 4.78 is 15.2. The van der Waals surface area contributed by atoms with E-state index in [1.165, 1.54) is 17.8 Å². The molecular weight excluding hydrogens is 321 g/mol. The molecule has 3 aromatic rings. The van der Waals surface area contributed by atoms with Gasteiger partial charge in [0.15, 0.2) is 0 Å². The molecule has 0 aliphatic heterocycles.